The van der Waals surface area contributed by atoms with Crippen LogP contribution in [0.5, 0.6) is 0 Å². The van der Waals surface area contributed by atoms with Crippen LogP contribution in [0, 0.1) is 0 Å². The van der Waals surface area contributed by atoms with Crippen molar-refractivity contribution in [2.24, 2.45) is 0 Å². The zero-order chi connectivity index (χ0) is 70.3. The summed E-state index contributed by atoms with van der Waals surface area (Å²) >= 11 is 0. The summed E-state index contributed by atoms with van der Waals surface area (Å²) in [5.74, 6) is -1.12. The fraction of sp³-hybridized carbons (Fsp3) is 0.939. The van der Waals surface area contributed by atoms with Crippen LogP contribution in [0.1, 0.15) is 188 Å². The van der Waals surface area contributed by atoms with Gasteiger partial charge in [0.1, 0.15) is 122 Å². The molecule has 0 saturated carbocycles. The molecular weight excluding hydrogens is 1270 g/mol. The van der Waals surface area contributed by atoms with Crippen LogP contribution < -0.4 is 10.6 Å². The van der Waals surface area contributed by atoms with Crippen molar-refractivity contribution >= 4 is 11.8 Å². The molecule has 2 amide bonds. The highest BCUT2D eigenvalue weighted by molar-refractivity contribution is 5.76. The maximum absolute atomic E-state index is 13.5. The Morgan fingerprint density at radius 2 is 0.812 bits per heavy atom. The molecule has 0 aromatic rings. The number of unbranched alkanes of at least 4 members (excludes halogenated alkanes) is 23. The Hall–Kier alpha value is -2.36. The van der Waals surface area contributed by atoms with E-state index in [4.69, 9.17) is 47.4 Å². The smallest absolute Gasteiger partial charge is 0.220 e. The van der Waals surface area contributed by atoms with Crippen LogP contribution in [-0.4, -0.2) is 299 Å². The summed E-state index contributed by atoms with van der Waals surface area (Å²) in [6.45, 7) is 0.511. The number of nitrogens with one attached hydrogen (secondary N) is 2. The number of carbonyl (C=O) groups is 2. The first kappa shape index (κ1) is 84.3. The van der Waals surface area contributed by atoms with Crippen molar-refractivity contribution < 1.29 is 139 Å². The van der Waals surface area contributed by atoms with Gasteiger partial charge in [0.05, 0.1) is 51.8 Å². The van der Waals surface area contributed by atoms with Gasteiger partial charge in [0, 0.05) is 13.3 Å². The molecule has 5 fully saturated rings. The van der Waals surface area contributed by atoms with Gasteiger partial charge in [-0.15, -0.1) is 0 Å². The Kier molecular flexibility index (Phi) is 40.0. The van der Waals surface area contributed by atoms with E-state index in [2.05, 4.69) is 24.5 Å². The van der Waals surface area contributed by atoms with Gasteiger partial charge in [0.2, 0.25) is 11.8 Å². The van der Waals surface area contributed by atoms with E-state index in [1.54, 1.807) is 6.08 Å². The largest absolute Gasteiger partial charge is 0.394 e. The topological polar surface area (TPSA) is 474 Å². The Bertz CT molecular complexity index is 2110. The lowest BCUT2D eigenvalue weighted by molar-refractivity contribution is -0.385. The number of carbonyl (C=O) groups excluding carboxylic acids is 2. The summed E-state index contributed by atoms with van der Waals surface area (Å²) in [6.07, 6.45) is -14.3. The zero-order valence-electron chi connectivity index (χ0n) is 56.4. The third kappa shape index (κ3) is 26.2. The molecule has 5 saturated heterocycles. The van der Waals surface area contributed by atoms with Crippen LogP contribution in [0.15, 0.2) is 12.2 Å². The van der Waals surface area contributed by atoms with Crippen molar-refractivity contribution in [3.8, 4) is 0 Å². The Labute approximate surface area is 564 Å². The minimum Gasteiger partial charge on any atom is -0.394 e. The normalized spacial score (nSPS) is 36.6. The van der Waals surface area contributed by atoms with Gasteiger partial charge in [-0.3, -0.25) is 9.59 Å². The molecule has 562 valence electrons. The Morgan fingerprint density at radius 3 is 1.28 bits per heavy atom. The van der Waals surface area contributed by atoms with Gasteiger partial charge in [-0.2, -0.15) is 0 Å². The third-order valence-electron chi connectivity index (χ3n) is 18.7. The Morgan fingerprint density at radius 1 is 0.417 bits per heavy atom. The van der Waals surface area contributed by atoms with E-state index in [1.165, 1.54) is 96.3 Å². The van der Waals surface area contributed by atoms with Crippen molar-refractivity contribution in [1.29, 1.82) is 0 Å². The van der Waals surface area contributed by atoms with Gasteiger partial charge in [-0.1, -0.05) is 167 Å². The van der Waals surface area contributed by atoms with E-state index in [1.807, 2.05) is 6.08 Å². The molecule has 5 rings (SSSR count). The summed E-state index contributed by atoms with van der Waals surface area (Å²) in [5.41, 5.74) is 0. The second-order valence-electron chi connectivity index (χ2n) is 26.4. The second kappa shape index (κ2) is 45.6. The molecule has 10 unspecified atom stereocenters. The maximum atomic E-state index is 13.5. The van der Waals surface area contributed by atoms with Gasteiger partial charge >= 0.3 is 0 Å². The molecule has 5 aliphatic heterocycles. The number of amides is 2. The average Bonchev–Trinajstić information content (AvgIpc) is 0.788. The van der Waals surface area contributed by atoms with Crippen molar-refractivity contribution in [2.75, 3.05) is 39.6 Å². The minimum absolute atomic E-state index is 0.177. The van der Waals surface area contributed by atoms with Gasteiger partial charge in [0.15, 0.2) is 31.5 Å². The summed E-state index contributed by atoms with van der Waals surface area (Å²) in [5, 5.41) is 180. The van der Waals surface area contributed by atoms with Gasteiger partial charge in [0.25, 0.3) is 0 Å². The molecule has 0 radical (unpaired) electrons. The van der Waals surface area contributed by atoms with E-state index in [0.717, 1.165) is 58.3 Å². The fourth-order valence-electron chi connectivity index (χ4n) is 12.8. The molecule has 30 nitrogen and oxygen atoms in total. The second-order valence-corrected chi connectivity index (χ2v) is 26.4. The number of rotatable bonds is 46. The molecule has 5 heterocycles. The van der Waals surface area contributed by atoms with Crippen LogP contribution >= 0.6 is 0 Å². The lowest BCUT2D eigenvalue weighted by atomic mass is 9.95. The molecule has 0 aliphatic carbocycles. The lowest BCUT2D eigenvalue weighted by Gasteiger charge is -2.49. The highest BCUT2D eigenvalue weighted by atomic mass is 16.8. The van der Waals surface area contributed by atoms with E-state index in [-0.39, 0.29) is 12.3 Å². The number of aliphatic hydroxyl groups excluding tert-OH is 16. The standard InChI is InChI=1S/C66H120N2O28/c1-4-6-8-10-12-14-16-18-20-22-24-26-28-30-40(74)39(68-46(75)31-29-27-25-23-21-19-17-15-13-11-9-7-5-2)36-87-63-57(85)54(82)60(44(35-72)92-63)95-66-58(86)61(96-65-56(84)53(81)49(77)42(33-70)90-65)50(78)45(93-66)37-88-62-47(67-38(3)73)51(79)59(43(34-71)91-62)94-64-55(83)52(80)48(76)41(32-69)89-64/h28,30,39-45,47-66,69-72,74,76-86H,4-27,29,31-37H2,1-3H3,(H,67,73)(H,68,75)/b30-28+/t39-,40+,41?,42?,43?,44?,45?,47?,48-,49-,50-,51+,52-,53-,54+,55?,56?,57?,58?,59+,60+,61-,62+,63+,64-,65+,66-/m0/s1. The zero-order valence-corrected chi connectivity index (χ0v) is 56.4. The first-order chi connectivity index (χ1) is 46.2. The predicted octanol–water partition coefficient (Wildman–Crippen LogP) is -1.17. The molecule has 0 bridgehead atoms. The van der Waals surface area contributed by atoms with Gasteiger partial charge in [-0.25, -0.2) is 0 Å². The molecule has 18 N–H and O–H groups in total. The fourth-order valence-corrected chi connectivity index (χ4v) is 12.8. The van der Waals surface area contributed by atoms with Gasteiger partial charge < -0.3 is 140 Å². The minimum atomic E-state index is -2.20. The first-order valence-electron chi connectivity index (χ1n) is 35.5. The van der Waals surface area contributed by atoms with Crippen molar-refractivity contribution in [1.82, 2.24) is 10.6 Å². The number of ether oxygens (including phenoxy) is 10. The summed E-state index contributed by atoms with van der Waals surface area (Å²) in [6, 6.07) is -2.71. The SMILES string of the molecule is CCCCCCCCCCCCC/C=C/[C@@H](O)[C@H](CO[C@@H]1OC(CO)[C@@H](O[C@@H]2OC(CO[C@@H]3OC(CO)[C@@H](O[C@@H]4OC(CO)[C@H](O)[C@H](O)C4O)[C@H](O)C3NC(C)=O)[C@H](O)[C@H](O[C@H]3OC(CO)[C@H](O)[C@H](O)C3O)C2O)[C@H](O)C1O)NC(=O)CCCCCCCCCCCCCCC. The molecular formula is C66H120N2O28. The quantitative estimate of drug-likeness (QED) is 0.0252. The predicted molar refractivity (Wildman–Crippen MR) is 340 cm³/mol. The summed E-state index contributed by atoms with van der Waals surface area (Å²) in [7, 11) is 0. The highest BCUT2D eigenvalue weighted by Gasteiger charge is 2.56. The number of hydrogen-bond donors (Lipinski definition) is 18. The van der Waals surface area contributed by atoms with E-state index >= 15 is 0 Å². The highest BCUT2D eigenvalue weighted by Crippen LogP contribution is 2.36. The molecule has 27 atom stereocenters. The van der Waals surface area contributed by atoms with E-state index in [0.29, 0.717) is 12.8 Å². The van der Waals surface area contributed by atoms with Crippen LogP contribution in [0.4, 0.5) is 0 Å². The molecule has 0 spiro atoms. The maximum Gasteiger partial charge on any atom is 0.220 e. The van der Waals surface area contributed by atoms with Gasteiger partial charge in [-0.05, 0) is 19.3 Å². The number of hydrogen-bond acceptors (Lipinski definition) is 28. The van der Waals surface area contributed by atoms with E-state index in [9.17, 15) is 91.3 Å². The lowest BCUT2D eigenvalue weighted by Crippen LogP contribution is -2.68. The first-order valence-corrected chi connectivity index (χ1v) is 35.5. The molecule has 0 aromatic carbocycles. The Balaban J connectivity index is 1.28. The third-order valence-corrected chi connectivity index (χ3v) is 18.7. The van der Waals surface area contributed by atoms with Crippen LogP contribution in [-0.2, 0) is 57.0 Å². The van der Waals surface area contributed by atoms with Crippen LogP contribution in [0.2, 0.25) is 0 Å². The van der Waals surface area contributed by atoms with Crippen molar-refractivity contribution in [3.63, 3.8) is 0 Å². The molecule has 96 heavy (non-hydrogen) atoms. The number of allylic oxidation sites excluding steroid dienone is 1. The number of aliphatic hydroxyl groups is 16. The average molecular weight is 1390 g/mol. The van der Waals surface area contributed by atoms with Crippen molar-refractivity contribution in [3.05, 3.63) is 12.2 Å². The van der Waals surface area contributed by atoms with Crippen molar-refractivity contribution in [2.45, 2.75) is 353 Å². The molecule has 30 heteroatoms. The van der Waals surface area contributed by atoms with Crippen LogP contribution in [0.25, 0.3) is 0 Å². The molecule has 0 aromatic heterocycles. The van der Waals surface area contributed by atoms with Crippen LogP contribution in [0.3, 0.4) is 0 Å². The molecule has 5 aliphatic rings. The summed E-state index contributed by atoms with van der Waals surface area (Å²) < 4.78 is 58.6. The van der Waals surface area contributed by atoms with E-state index < -0.39 is 211 Å². The monoisotopic (exact) mass is 1390 g/mol. The summed E-state index contributed by atoms with van der Waals surface area (Å²) in [4.78, 5) is 26.1.